The van der Waals surface area contributed by atoms with Crippen LogP contribution in [-0.2, 0) is 11.2 Å². The number of aromatic nitrogens is 2. The number of rotatable bonds is 6. The second-order valence-corrected chi connectivity index (χ2v) is 4.22. The van der Waals surface area contributed by atoms with E-state index in [1.165, 1.54) is 0 Å². The van der Waals surface area contributed by atoms with Gasteiger partial charge in [0, 0.05) is 18.9 Å². The molecular formula is C13H20Cl2N4O. The standard InChI is InChI=1S/C13H18N4O.2ClH/c14-6-2-3-7-15-13(18)9-11-10-17-8-4-1-5-12(17)16-11;;/h1,4-5,8,10H,2-3,6-7,9,14H2,(H,15,18);2*1H. The van der Waals surface area contributed by atoms with Gasteiger partial charge in [-0.25, -0.2) is 4.98 Å². The number of carbonyl (C=O) groups excluding carboxylic acids is 1. The Balaban J connectivity index is 0.00000180. The molecule has 0 aliphatic rings. The third-order valence-electron chi connectivity index (χ3n) is 2.71. The zero-order valence-corrected chi connectivity index (χ0v) is 12.8. The second-order valence-electron chi connectivity index (χ2n) is 4.22. The summed E-state index contributed by atoms with van der Waals surface area (Å²) in [6, 6.07) is 5.78. The highest BCUT2D eigenvalue weighted by Crippen LogP contribution is 2.04. The molecule has 0 fully saturated rings. The summed E-state index contributed by atoms with van der Waals surface area (Å²) in [5, 5.41) is 2.87. The van der Waals surface area contributed by atoms with Gasteiger partial charge in [-0.1, -0.05) is 6.07 Å². The fourth-order valence-electron chi connectivity index (χ4n) is 1.80. The average molecular weight is 319 g/mol. The van der Waals surface area contributed by atoms with E-state index in [2.05, 4.69) is 10.3 Å². The largest absolute Gasteiger partial charge is 0.356 e. The molecule has 5 nitrogen and oxygen atoms in total. The highest BCUT2D eigenvalue weighted by molar-refractivity contribution is 5.85. The molecule has 0 saturated heterocycles. The Morgan fingerprint density at radius 3 is 2.80 bits per heavy atom. The third-order valence-corrected chi connectivity index (χ3v) is 2.71. The van der Waals surface area contributed by atoms with Crippen molar-refractivity contribution in [2.75, 3.05) is 13.1 Å². The summed E-state index contributed by atoms with van der Waals surface area (Å²) in [6.45, 7) is 1.35. The maximum absolute atomic E-state index is 11.7. The van der Waals surface area contributed by atoms with Crippen LogP contribution in [0.15, 0.2) is 30.6 Å². The van der Waals surface area contributed by atoms with Gasteiger partial charge in [-0.15, -0.1) is 24.8 Å². The van der Waals surface area contributed by atoms with E-state index in [0.717, 1.165) is 24.2 Å². The predicted molar refractivity (Wildman–Crippen MR) is 84.7 cm³/mol. The van der Waals surface area contributed by atoms with Crippen molar-refractivity contribution in [1.29, 1.82) is 0 Å². The fourth-order valence-corrected chi connectivity index (χ4v) is 1.80. The molecule has 0 saturated carbocycles. The quantitative estimate of drug-likeness (QED) is 0.794. The Hall–Kier alpha value is -1.30. The number of imidazole rings is 1. The topological polar surface area (TPSA) is 72.4 Å². The molecule has 0 spiro atoms. The lowest BCUT2D eigenvalue weighted by atomic mass is 10.3. The molecule has 20 heavy (non-hydrogen) atoms. The second kappa shape index (κ2) is 9.58. The van der Waals surface area contributed by atoms with Gasteiger partial charge in [0.2, 0.25) is 5.91 Å². The minimum Gasteiger partial charge on any atom is -0.356 e. The zero-order valence-electron chi connectivity index (χ0n) is 11.1. The maximum atomic E-state index is 11.7. The van der Waals surface area contributed by atoms with E-state index < -0.39 is 0 Å². The van der Waals surface area contributed by atoms with Crippen molar-refractivity contribution in [3.05, 3.63) is 36.3 Å². The van der Waals surface area contributed by atoms with Crippen molar-refractivity contribution in [3.63, 3.8) is 0 Å². The number of nitrogens with one attached hydrogen (secondary N) is 1. The number of halogens is 2. The Labute approximate surface area is 130 Å². The summed E-state index contributed by atoms with van der Waals surface area (Å²) in [5.74, 6) is 0.00966. The van der Waals surface area contributed by atoms with E-state index >= 15 is 0 Å². The molecular weight excluding hydrogens is 299 g/mol. The lowest BCUT2D eigenvalue weighted by Crippen LogP contribution is -2.26. The van der Waals surface area contributed by atoms with Gasteiger partial charge >= 0.3 is 0 Å². The van der Waals surface area contributed by atoms with Gasteiger partial charge in [0.1, 0.15) is 5.65 Å². The number of hydrogen-bond donors (Lipinski definition) is 2. The highest BCUT2D eigenvalue weighted by Gasteiger charge is 2.06. The van der Waals surface area contributed by atoms with Gasteiger partial charge < -0.3 is 15.5 Å². The molecule has 1 amide bonds. The molecule has 2 rings (SSSR count). The van der Waals surface area contributed by atoms with Gasteiger partial charge in [0.25, 0.3) is 0 Å². The van der Waals surface area contributed by atoms with Crippen molar-refractivity contribution in [2.45, 2.75) is 19.3 Å². The molecule has 0 aliphatic heterocycles. The first kappa shape index (κ1) is 18.7. The third kappa shape index (κ3) is 5.36. The number of nitrogens with two attached hydrogens (primary N) is 1. The summed E-state index contributed by atoms with van der Waals surface area (Å²) < 4.78 is 1.91. The van der Waals surface area contributed by atoms with Crippen LogP contribution in [-0.4, -0.2) is 28.4 Å². The molecule has 0 atom stereocenters. The van der Waals surface area contributed by atoms with E-state index in [1.807, 2.05) is 35.0 Å². The Morgan fingerprint density at radius 1 is 1.30 bits per heavy atom. The Kier molecular flexibility index (Phi) is 8.96. The van der Waals surface area contributed by atoms with E-state index in [4.69, 9.17) is 5.73 Å². The van der Waals surface area contributed by atoms with Crippen LogP contribution < -0.4 is 11.1 Å². The molecule has 2 heterocycles. The normalized spacial score (nSPS) is 9.65. The van der Waals surface area contributed by atoms with Crippen LogP contribution in [0, 0.1) is 0 Å². The number of nitrogens with zero attached hydrogens (tertiary/aromatic N) is 2. The minimum absolute atomic E-state index is 0. The average Bonchev–Trinajstić information content (AvgIpc) is 2.76. The molecule has 0 radical (unpaired) electrons. The summed E-state index contributed by atoms with van der Waals surface area (Å²) in [4.78, 5) is 16.0. The summed E-state index contributed by atoms with van der Waals surface area (Å²) >= 11 is 0. The maximum Gasteiger partial charge on any atom is 0.226 e. The Morgan fingerprint density at radius 2 is 2.10 bits per heavy atom. The molecule has 0 aliphatic carbocycles. The van der Waals surface area contributed by atoms with Crippen molar-refractivity contribution in [3.8, 4) is 0 Å². The molecule has 2 aromatic heterocycles. The molecule has 0 unspecified atom stereocenters. The Bertz CT molecular complexity index is 497. The van der Waals surface area contributed by atoms with E-state index in [9.17, 15) is 4.79 Å². The first-order valence-electron chi connectivity index (χ1n) is 6.19. The molecule has 0 aromatic carbocycles. The first-order valence-corrected chi connectivity index (χ1v) is 6.19. The number of pyridine rings is 1. The SMILES string of the molecule is Cl.Cl.NCCCCNC(=O)Cc1cn2ccccc2n1. The van der Waals surface area contributed by atoms with Gasteiger partial charge in [-0.3, -0.25) is 4.79 Å². The van der Waals surface area contributed by atoms with Crippen LogP contribution in [0.2, 0.25) is 0 Å². The smallest absolute Gasteiger partial charge is 0.226 e. The van der Waals surface area contributed by atoms with Crippen molar-refractivity contribution in [2.24, 2.45) is 5.73 Å². The number of amides is 1. The van der Waals surface area contributed by atoms with Gasteiger partial charge in [-0.05, 0) is 31.5 Å². The van der Waals surface area contributed by atoms with Gasteiger partial charge in [0.05, 0.1) is 12.1 Å². The minimum atomic E-state index is 0. The fraction of sp³-hybridized carbons (Fsp3) is 0.385. The summed E-state index contributed by atoms with van der Waals surface area (Å²) in [6.07, 6.45) is 5.99. The number of fused-ring (bicyclic) bond motifs is 1. The summed E-state index contributed by atoms with van der Waals surface area (Å²) in [7, 11) is 0. The van der Waals surface area contributed by atoms with Crippen molar-refractivity contribution < 1.29 is 4.79 Å². The molecule has 112 valence electrons. The van der Waals surface area contributed by atoms with Gasteiger partial charge in [0.15, 0.2) is 0 Å². The number of unbranched alkanes of at least 4 members (excludes halogenated alkanes) is 1. The van der Waals surface area contributed by atoms with E-state index in [1.54, 1.807) is 0 Å². The van der Waals surface area contributed by atoms with E-state index in [-0.39, 0.29) is 30.7 Å². The zero-order chi connectivity index (χ0) is 12.8. The van der Waals surface area contributed by atoms with Crippen molar-refractivity contribution in [1.82, 2.24) is 14.7 Å². The van der Waals surface area contributed by atoms with Crippen LogP contribution in [0.5, 0.6) is 0 Å². The molecule has 7 heteroatoms. The molecule has 2 aromatic rings. The van der Waals surface area contributed by atoms with Crippen LogP contribution in [0.25, 0.3) is 5.65 Å². The monoisotopic (exact) mass is 318 g/mol. The predicted octanol–water partition coefficient (Wildman–Crippen LogP) is 1.58. The van der Waals surface area contributed by atoms with Crippen LogP contribution >= 0.6 is 24.8 Å². The molecule has 3 N–H and O–H groups in total. The highest BCUT2D eigenvalue weighted by atomic mass is 35.5. The van der Waals surface area contributed by atoms with Crippen LogP contribution in [0.3, 0.4) is 0 Å². The van der Waals surface area contributed by atoms with Gasteiger partial charge in [-0.2, -0.15) is 0 Å². The van der Waals surface area contributed by atoms with Crippen molar-refractivity contribution >= 4 is 36.4 Å². The first-order chi connectivity index (χ1) is 8.79. The lowest BCUT2D eigenvalue weighted by Gasteiger charge is -2.02. The van der Waals surface area contributed by atoms with E-state index in [0.29, 0.717) is 19.5 Å². The summed E-state index contributed by atoms with van der Waals surface area (Å²) in [5.41, 5.74) is 7.04. The lowest BCUT2D eigenvalue weighted by molar-refractivity contribution is -0.120. The van der Waals surface area contributed by atoms with Crippen LogP contribution in [0.1, 0.15) is 18.5 Å². The number of carbonyl (C=O) groups is 1. The molecule has 0 bridgehead atoms. The number of hydrogen-bond acceptors (Lipinski definition) is 3. The van der Waals surface area contributed by atoms with Crippen LogP contribution in [0.4, 0.5) is 0 Å².